The Morgan fingerprint density at radius 1 is 1.00 bits per heavy atom. The molecule has 0 spiro atoms. The van der Waals surface area contributed by atoms with E-state index in [9.17, 15) is 5.11 Å². The highest BCUT2D eigenvalue weighted by molar-refractivity contribution is 6.31. The van der Waals surface area contributed by atoms with Crippen LogP contribution >= 0.6 is 11.6 Å². The van der Waals surface area contributed by atoms with Gasteiger partial charge in [0.15, 0.2) is 0 Å². The molecule has 0 aliphatic heterocycles. The van der Waals surface area contributed by atoms with E-state index >= 15 is 0 Å². The largest absolute Gasteiger partial charge is 0.496 e. The molecule has 2 rings (SSSR count). The van der Waals surface area contributed by atoms with Crippen molar-refractivity contribution in [2.45, 2.75) is 13.1 Å². The molecule has 0 amide bonds. The van der Waals surface area contributed by atoms with E-state index in [1.54, 1.807) is 7.11 Å². The number of hydrogen-bond acceptors (Lipinski definition) is 3. The quantitative estimate of drug-likeness (QED) is 0.851. The maximum Gasteiger partial charge on any atom is 0.123 e. The Labute approximate surface area is 130 Å². The molecule has 0 aliphatic rings. The monoisotopic (exact) mass is 305 g/mol. The van der Waals surface area contributed by atoms with Crippen molar-refractivity contribution in [3.8, 4) is 5.75 Å². The van der Waals surface area contributed by atoms with Crippen molar-refractivity contribution in [3.63, 3.8) is 0 Å². The lowest BCUT2D eigenvalue weighted by atomic mass is 10.1. The number of aliphatic hydroxyl groups is 1. The number of methoxy groups -OCH3 is 1. The van der Waals surface area contributed by atoms with Crippen LogP contribution < -0.4 is 4.74 Å². The Kier molecular flexibility index (Phi) is 6.05. The van der Waals surface area contributed by atoms with Gasteiger partial charge in [-0.1, -0.05) is 48.0 Å². The van der Waals surface area contributed by atoms with Crippen LogP contribution in [-0.4, -0.2) is 30.3 Å². The van der Waals surface area contributed by atoms with Gasteiger partial charge in [0.25, 0.3) is 0 Å². The number of aliphatic hydroxyl groups excluding tert-OH is 1. The van der Waals surface area contributed by atoms with Gasteiger partial charge in [-0.2, -0.15) is 0 Å². The van der Waals surface area contributed by atoms with Crippen molar-refractivity contribution in [3.05, 3.63) is 64.7 Å². The highest BCUT2D eigenvalue weighted by Crippen LogP contribution is 2.22. The molecule has 0 aromatic heterocycles. The van der Waals surface area contributed by atoms with Gasteiger partial charge in [0.05, 0.1) is 13.7 Å². The summed E-state index contributed by atoms with van der Waals surface area (Å²) in [6.45, 7) is 2.09. The van der Waals surface area contributed by atoms with Gasteiger partial charge in [0.2, 0.25) is 0 Å². The van der Waals surface area contributed by atoms with Crippen molar-refractivity contribution in [1.29, 1.82) is 0 Å². The minimum atomic E-state index is 0.111. The van der Waals surface area contributed by atoms with Gasteiger partial charge in [0, 0.05) is 30.2 Å². The first-order valence-electron chi connectivity index (χ1n) is 6.93. The molecule has 0 saturated heterocycles. The summed E-state index contributed by atoms with van der Waals surface area (Å²) in [4.78, 5) is 2.15. The Hall–Kier alpha value is -1.55. The summed E-state index contributed by atoms with van der Waals surface area (Å²) in [5.74, 6) is 0.861. The van der Waals surface area contributed by atoms with E-state index in [1.165, 1.54) is 0 Å². The van der Waals surface area contributed by atoms with E-state index in [0.29, 0.717) is 19.6 Å². The first-order chi connectivity index (χ1) is 10.2. The van der Waals surface area contributed by atoms with Crippen LogP contribution in [0.4, 0.5) is 0 Å². The van der Waals surface area contributed by atoms with E-state index < -0.39 is 0 Å². The highest BCUT2D eigenvalue weighted by Gasteiger charge is 2.11. The molecule has 3 nitrogen and oxygen atoms in total. The summed E-state index contributed by atoms with van der Waals surface area (Å²) < 4.78 is 5.38. The standard InChI is InChI=1S/C17H20ClNO2/c1-21-17-9-5-3-7-15(17)13-19(10-11-20)12-14-6-2-4-8-16(14)18/h2-9,20H,10-13H2,1H3. The molecule has 0 heterocycles. The predicted octanol–water partition coefficient (Wildman–Crippen LogP) is 3.34. The van der Waals surface area contributed by atoms with Gasteiger partial charge < -0.3 is 9.84 Å². The predicted molar refractivity (Wildman–Crippen MR) is 85.6 cm³/mol. The molecule has 21 heavy (non-hydrogen) atoms. The van der Waals surface area contributed by atoms with Gasteiger partial charge in [0.1, 0.15) is 5.75 Å². The lowest BCUT2D eigenvalue weighted by Crippen LogP contribution is -2.26. The fourth-order valence-electron chi connectivity index (χ4n) is 2.30. The molecule has 2 aromatic rings. The SMILES string of the molecule is COc1ccccc1CN(CCO)Cc1ccccc1Cl. The van der Waals surface area contributed by atoms with Crippen LogP contribution in [0.2, 0.25) is 5.02 Å². The maximum atomic E-state index is 9.28. The Morgan fingerprint density at radius 2 is 1.62 bits per heavy atom. The average Bonchev–Trinajstić information content (AvgIpc) is 2.50. The summed E-state index contributed by atoms with van der Waals surface area (Å²) in [6.07, 6.45) is 0. The molecular formula is C17H20ClNO2. The van der Waals surface area contributed by atoms with Gasteiger partial charge in [-0.25, -0.2) is 0 Å². The van der Waals surface area contributed by atoms with Crippen molar-refractivity contribution < 1.29 is 9.84 Å². The number of rotatable bonds is 7. The molecule has 0 radical (unpaired) electrons. The minimum Gasteiger partial charge on any atom is -0.496 e. The van der Waals surface area contributed by atoms with Gasteiger partial charge in [-0.15, -0.1) is 0 Å². The number of nitrogens with zero attached hydrogens (tertiary/aromatic N) is 1. The molecule has 112 valence electrons. The summed E-state index contributed by atoms with van der Waals surface area (Å²) in [5.41, 5.74) is 2.16. The third kappa shape index (κ3) is 4.46. The molecule has 0 aliphatic carbocycles. The van der Waals surface area contributed by atoms with E-state index in [4.69, 9.17) is 16.3 Å². The van der Waals surface area contributed by atoms with E-state index in [1.807, 2.05) is 48.5 Å². The number of ether oxygens (including phenoxy) is 1. The highest BCUT2D eigenvalue weighted by atomic mass is 35.5. The van der Waals surface area contributed by atoms with Crippen LogP contribution in [0, 0.1) is 0 Å². The molecule has 0 bridgehead atoms. The van der Waals surface area contributed by atoms with Gasteiger partial charge in [-0.05, 0) is 17.7 Å². The van der Waals surface area contributed by atoms with Gasteiger partial charge >= 0.3 is 0 Å². The molecule has 4 heteroatoms. The number of para-hydroxylation sites is 1. The zero-order valence-corrected chi connectivity index (χ0v) is 12.9. The first-order valence-corrected chi connectivity index (χ1v) is 7.31. The van der Waals surface area contributed by atoms with Crippen LogP contribution in [0.1, 0.15) is 11.1 Å². The smallest absolute Gasteiger partial charge is 0.123 e. The maximum absolute atomic E-state index is 9.28. The van der Waals surface area contributed by atoms with Crippen LogP contribution in [0.15, 0.2) is 48.5 Å². The third-order valence-corrected chi connectivity index (χ3v) is 3.72. The third-order valence-electron chi connectivity index (χ3n) is 3.35. The zero-order chi connectivity index (χ0) is 15.1. The summed E-state index contributed by atoms with van der Waals surface area (Å²) in [5, 5.41) is 10.0. The van der Waals surface area contributed by atoms with E-state index in [-0.39, 0.29) is 6.61 Å². The second-order valence-electron chi connectivity index (χ2n) is 4.84. The Balaban J connectivity index is 2.14. The van der Waals surface area contributed by atoms with Crippen LogP contribution in [0.3, 0.4) is 0 Å². The number of halogens is 1. The lowest BCUT2D eigenvalue weighted by Gasteiger charge is -2.23. The minimum absolute atomic E-state index is 0.111. The molecule has 0 atom stereocenters. The van der Waals surface area contributed by atoms with Crippen LogP contribution in [-0.2, 0) is 13.1 Å². The molecule has 0 fully saturated rings. The fraction of sp³-hybridized carbons (Fsp3) is 0.294. The second-order valence-corrected chi connectivity index (χ2v) is 5.24. The molecule has 2 aromatic carbocycles. The zero-order valence-electron chi connectivity index (χ0n) is 12.1. The Morgan fingerprint density at radius 3 is 2.29 bits per heavy atom. The fourth-order valence-corrected chi connectivity index (χ4v) is 2.49. The lowest BCUT2D eigenvalue weighted by molar-refractivity contribution is 0.183. The Bertz CT molecular complexity index is 574. The summed E-state index contributed by atoms with van der Waals surface area (Å²) >= 11 is 6.22. The van der Waals surface area contributed by atoms with Crippen molar-refractivity contribution in [2.24, 2.45) is 0 Å². The second kappa shape index (κ2) is 8.03. The molecule has 0 saturated carbocycles. The topological polar surface area (TPSA) is 32.7 Å². The number of hydrogen-bond donors (Lipinski definition) is 1. The molecule has 0 unspecified atom stereocenters. The molecule has 1 N–H and O–H groups in total. The van der Waals surface area contributed by atoms with E-state index in [2.05, 4.69) is 4.90 Å². The van der Waals surface area contributed by atoms with Crippen molar-refractivity contribution in [2.75, 3.05) is 20.3 Å². The van der Waals surface area contributed by atoms with Crippen LogP contribution in [0.5, 0.6) is 5.75 Å². The summed E-state index contributed by atoms with van der Waals surface area (Å²) in [7, 11) is 1.67. The average molecular weight is 306 g/mol. The van der Waals surface area contributed by atoms with Crippen molar-refractivity contribution in [1.82, 2.24) is 4.90 Å². The van der Waals surface area contributed by atoms with Crippen LogP contribution in [0.25, 0.3) is 0 Å². The van der Waals surface area contributed by atoms with Gasteiger partial charge in [-0.3, -0.25) is 4.90 Å². The normalized spacial score (nSPS) is 10.9. The van der Waals surface area contributed by atoms with Crippen molar-refractivity contribution >= 4 is 11.6 Å². The van der Waals surface area contributed by atoms with E-state index in [0.717, 1.165) is 21.9 Å². The first kappa shape index (κ1) is 15.8. The molecular weight excluding hydrogens is 286 g/mol. The number of benzene rings is 2. The summed E-state index contributed by atoms with van der Waals surface area (Å²) in [6, 6.07) is 15.7.